The van der Waals surface area contributed by atoms with Crippen molar-refractivity contribution in [3.8, 4) is 0 Å². The third-order valence-corrected chi connectivity index (χ3v) is 5.85. The minimum absolute atomic E-state index is 0.314. The Labute approximate surface area is 133 Å². The maximum absolute atomic E-state index is 6.08. The highest BCUT2D eigenvalue weighted by molar-refractivity contribution is 8.00. The second-order valence-corrected chi connectivity index (χ2v) is 8.09. The number of rotatable bonds is 4. The van der Waals surface area contributed by atoms with Crippen LogP contribution in [-0.4, -0.2) is 25.9 Å². The molecule has 2 heterocycles. The van der Waals surface area contributed by atoms with Gasteiger partial charge in [0.15, 0.2) is 0 Å². The van der Waals surface area contributed by atoms with Gasteiger partial charge in [0.25, 0.3) is 0 Å². The van der Waals surface area contributed by atoms with Crippen molar-refractivity contribution in [2.45, 2.75) is 37.5 Å². The second-order valence-electron chi connectivity index (χ2n) is 5.59. The van der Waals surface area contributed by atoms with Crippen LogP contribution in [0, 0.1) is 0 Å². The van der Waals surface area contributed by atoms with E-state index in [4.69, 9.17) is 28.2 Å². The zero-order chi connectivity index (χ0) is 14.2. The van der Waals surface area contributed by atoms with Crippen LogP contribution in [-0.2, 0) is 13.0 Å². The lowest BCUT2D eigenvalue weighted by Gasteiger charge is -2.24. The number of hydrogen-bond donors (Lipinski definition) is 0. The van der Waals surface area contributed by atoms with Crippen molar-refractivity contribution in [3.63, 3.8) is 0 Å². The molecule has 1 saturated heterocycles. The van der Waals surface area contributed by atoms with Gasteiger partial charge in [-0.2, -0.15) is 11.8 Å². The Morgan fingerprint density at radius 3 is 3.00 bits per heavy atom. The fraction of sp³-hybridized carbons (Fsp3) is 0.533. The summed E-state index contributed by atoms with van der Waals surface area (Å²) in [7, 11) is 0. The van der Waals surface area contributed by atoms with Crippen LogP contribution < -0.4 is 0 Å². The average Bonchev–Trinajstić information content (AvgIpc) is 2.96. The molecule has 1 fully saturated rings. The molecule has 1 aromatic carbocycles. The van der Waals surface area contributed by atoms with Crippen LogP contribution >= 0.6 is 35.0 Å². The molecule has 5 heteroatoms. The number of aryl methyl sites for hydroxylation is 1. The SMILES string of the molecule is CC1(Cn2c(CCCl)nc3cc(Cl)ccc32)CCCS1. The molecule has 0 radical (unpaired) electrons. The Morgan fingerprint density at radius 1 is 1.45 bits per heavy atom. The smallest absolute Gasteiger partial charge is 0.111 e. The number of fused-ring (bicyclic) bond motifs is 1. The van der Waals surface area contributed by atoms with Crippen molar-refractivity contribution in [2.75, 3.05) is 11.6 Å². The summed E-state index contributed by atoms with van der Waals surface area (Å²) in [6.45, 7) is 3.36. The Hall–Kier alpha value is -0.380. The number of aromatic nitrogens is 2. The number of imidazole rings is 1. The van der Waals surface area contributed by atoms with Crippen LogP contribution in [0.2, 0.25) is 5.02 Å². The van der Waals surface area contributed by atoms with Crippen molar-refractivity contribution in [3.05, 3.63) is 29.0 Å². The molecule has 3 rings (SSSR count). The zero-order valence-corrected chi connectivity index (χ0v) is 13.9. The van der Waals surface area contributed by atoms with Gasteiger partial charge in [-0.1, -0.05) is 11.6 Å². The average molecular weight is 329 g/mol. The first-order valence-corrected chi connectivity index (χ1v) is 8.86. The highest BCUT2D eigenvalue weighted by atomic mass is 35.5. The number of benzene rings is 1. The van der Waals surface area contributed by atoms with Gasteiger partial charge in [-0.3, -0.25) is 0 Å². The Kier molecular flexibility index (Phi) is 4.21. The molecule has 2 nitrogen and oxygen atoms in total. The maximum atomic E-state index is 6.08. The highest BCUT2D eigenvalue weighted by Crippen LogP contribution is 2.40. The van der Waals surface area contributed by atoms with Crippen LogP contribution in [0.4, 0.5) is 0 Å². The molecule has 2 aromatic rings. The normalized spacial score (nSPS) is 22.8. The Balaban J connectivity index is 2.04. The van der Waals surface area contributed by atoms with Gasteiger partial charge in [-0.05, 0) is 43.7 Å². The van der Waals surface area contributed by atoms with Crippen molar-refractivity contribution < 1.29 is 0 Å². The van der Waals surface area contributed by atoms with Crippen molar-refractivity contribution >= 4 is 46.0 Å². The van der Waals surface area contributed by atoms with E-state index in [-0.39, 0.29) is 0 Å². The molecule has 1 atom stereocenters. The predicted molar refractivity (Wildman–Crippen MR) is 89.3 cm³/mol. The van der Waals surface area contributed by atoms with Crippen LogP contribution in [0.5, 0.6) is 0 Å². The fourth-order valence-electron chi connectivity index (χ4n) is 2.90. The van der Waals surface area contributed by atoms with Gasteiger partial charge in [0.2, 0.25) is 0 Å². The van der Waals surface area contributed by atoms with Gasteiger partial charge in [0.05, 0.1) is 11.0 Å². The van der Waals surface area contributed by atoms with Crippen LogP contribution in [0.3, 0.4) is 0 Å². The first-order chi connectivity index (χ1) is 9.61. The summed E-state index contributed by atoms with van der Waals surface area (Å²) in [4.78, 5) is 4.72. The van der Waals surface area contributed by atoms with Crippen molar-refractivity contribution in [1.29, 1.82) is 0 Å². The first kappa shape index (κ1) is 14.6. The van der Waals surface area contributed by atoms with Gasteiger partial charge in [-0.15, -0.1) is 11.6 Å². The topological polar surface area (TPSA) is 17.8 Å². The summed E-state index contributed by atoms with van der Waals surface area (Å²) in [5.74, 6) is 2.94. The third kappa shape index (κ3) is 2.81. The van der Waals surface area contributed by atoms with E-state index < -0.39 is 0 Å². The minimum Gasteiger partial charge on any atom is -0.327 e. The van der Waals surface area contributed by atoms with E-state index in [1.807, 2.05) is 12.1 Å². The number of thioether (sulfide) groups is 1. The molecule has 0 saturated carbocycles. The van der Waals surface area contributed by atoms with Gasteiger partial charge in [0, 0.05) is 28.6 Å². The van der Waals surface area contributed by atoms with Crippen molar-refractivity contribution in [2.24, 2.45) is 0 Å². The standard InChI is InChI=1S/C15H18Cl2N2S/c1-15(6-2-8-20-15)10-19-13-4-3-11(17)9-12(13)18-14(19)5-7-16/h3-4,9H,2,5-8,10H2,1H3. The maximum Gasteiger partial charge on any atom is 0.111 e. The third-order valence-electron chi connectivity index (χ3n) is 3.90. The van der Waals surface area contributed by atoms with E-state index in [9.17, 15) is 0 Å². The van der Waals surface area contributed by atoms with Crippen LogP contribution in [0.25, 0.3) is 11.0 Å². The zero-order valence-electron chi connectivity index (χ0n) is 11.5. The number of alkyl halides is 1. The second kappa shape index (κ2) is 5.78. The lowest BCUT2D eigenvalue weighted by Crippen LogP contribution is -2.25. The molecule has 1 aromatic heterocycles. The monoisotopic (exact) mass is 328 g/mol. The lowest BCUT2D eigenvalue weighted by atomic mass is 10.1. The van der Waals surface area contributed by atoms with E-state index in [2.05, 4.69) is 29.3 Å². The summed E-state index contributed by atoms with van der Waals surface area (Å²) in [5, 5.41) is 0.737. The van der Waals surface area contributed by atoms with Gasteiger partial charge in [-0.25, -0.2) is 4.98 Å². The largest absolute Gasteiger partial charge is 0.327 e. The van der Waals surface area contributed by atoms with E-state index in [1.165, 1.54) is 24.1 Å². The molecule has 0 amide bonds. The van der Waals surface area contributed by atoms with Crippen LogP contribution in [0.1, 0.15) is 25.6 Å². The summed E-state index contributed by atoms with van der Waals surface area (Å²) < 4.78 is 2.65. The Morgan fingerprint density at radius 2 is 2.30 bits per heavy atom. The Bertz CT molecular complexity index is 618. The first-order valence-electron chi connectivity index (χ1n) is 6.96. The number of hydrogen-bond acceptors (Lipinski definition) is 2. The van der Waals surface area contributed by atoms with Crippen LogP contribution in [0.15, 0.2) is 18.2 Å². The number of nitrogens with zero attached hydrogens (tertiary/aromatic N) is 2. The molecule has 1 unspecified atom stereocenters. The van der Waals surface area contributed by atoms with Gasteiger partial charge < -0.3 is 4.57 Å². The highest BCUT2D eigenvalue weighted by Gasteiger charge is 2.31. The molecular weight excluding hydrogens is 311 g/mol. The molecular formula is C15H18Cl2N2S. The predicted octanol–water partition coefficient (Wildman–Crippen LogP) is 4.76. The van der Waals surface area contributed by atoms with Gasteiger partial charge >= 0.3 is 0 Å². The molecule has 1 aliphatic heterocycles. The van der Waals surface area contributed by atoms with E-state index in [0.29, 0.717) is 10.6 Å². The summed E-state index contributed by atoms with van der Waals surface area (Å²) in [5.41, 5.74) is 2.15. The molecule has 1 aliphatic rings. The van der Waals surface area contributed by atoms with E-state index >= 15 is 0 Å². The lowest BCUT2D eigenvalue weighted by molar-refractivity contribution is 0.507. The summed E-state index contributed by atoms with van der Waals surface area (Å²) in [6, 6.07) is 5.96. The number of halogens is 2. The fourth-order valence-corrected chi connectivity index (χ4v) is 4.53. The molecule has 0 aliphatic carbocycles. The minimum atomic E-state index is 0.314. The molecule has 0 N–H and O–H groups in total. The van der Waals surface area contributed by atoms with Gasteiger partial charge in [0.1, 0.15) is 5.82 Å². The summed E-state index contributed by atoms with van der Waals surface area (Å²) >= 11 is 14.1. The van der Waals surface area contributed by atoms with Crippen molar-refractivity contribution in [1.82, 2.24) is 9.55 Å². The molecule has 0 bridgehead atoms. The summed E-state index contributed by atoms with van der Waals surface area (Å²) in [6.07, 6.45) is 3.38. The van der Waals surface area contributed by atoms with E-state index in [0.717, 1.165) is 29.3 Å². The molecule has 108 valence electrons. The van der Waals surface area contributed by atoms with E-state index in [1.54, 1.807) is 0 Å². The molecule has 0 spiro atoms. The quantitative estimate of drug-likeness (QED) is 0.753. The molecule has 20 heavy (non-hydrogen) atoms.